The summed E-state index contributed by atoms with van der Waals surface area (Å²) in [5.41, 5.74) is 0. The van der Waals surface area contributed by atoms with Crippen LogP contribution in [0.3, 0.4) is 0 Å². The number of carbonyl (C=O) groups is 1. The van der Waals surface area contributed by atoms with Crippen LogP contribution in [0.1, 0.15) is 25.7 Å². The number of nitrogens with zero attached hydrogens (tertiary/aromatic N) is 1. The van der Waals surface area contributed by atoms with Crippen LogP contribution in [-0.4, -0.2) is 30.8 Å². The topological polar surface area (TPSA) is 20.3 Å². The molecule has 2 rings (SSSR count). The van der Waals surface area contributed by atoms with E-state index in [9.17, 15) is 4.79 Å². The van der Waals surface area contributed by atoms with Crippen molar-refractivity contribution in [2.24, 2.45) is 11.8 Å². The first kappa shape index (κ1) is 8.24. The molecular weight excluding hydrogens is 150 g/mol. The Bertz CT molecular complexity index is 181. The van der Waals surface area contributed by atoms with Crippen LogP contribution >= 0.6 is 0 Å². The van der Waals surface area contributed by atoms with Gasteiger partial charge in [-0.2, -0.15) is 0 Å². The summed E-state index contributed by atoms with van der Waals surface area (Å²) in [5, 5.41) is 0. The molecule has 0 aromatic rings. The molecule has 3 unspecified atom stereocenters. The minimum absolute atomic E-state index is 0.619. The fourth-order valence-corrected chi connectivity index (χ4v) is 3.00. The van der Waals surface area contributed by atoms with Gasteiger partial charge in [0.15, 0.2) is 0 Å². The lowest BCUT2D eigenvalue weighted by atomic mass is 9.94. The van der Waals surface area contributed by atoms with Crippen LogP contribution in [-0.2, 0) is 4.79 Å². The summed E-state index contributed by atoms with van der Waals surface area (Å²) in [6.07, 6.45) is 6.63. The SMILES string of the molecule is CN(CC=O)C1CC2CCC1C2. The van der Waals surface area contributed by atoms with Gasteiger partial charge in [0.1, 0.15) is 6.29 Å². The number of hydrogen-bond donors (Lipinski definition) is 0. The van der Waals surface area contributed by atoms with Crippen molar-refractivity contribution >= 4 is 6.29 Å². The molecule has 0 aromatic heterocycles. The van der Waals surface area contributed by atoms with E-state index >= 15 is 0 Å². The molecule has 0 N–H and O–H groups in total. The van der Waals surface area contributed by atoms with E-state index in [0.717, 1.165) is 18.1 Å². The fraction of sp³-hybridized carbons (Fsp3) is 0.900. The summed E-state index contributed by atoms with van der Waals surface area (Å²) in [4.78, 5) is 12.6. The van der Waals surface area contributed by atoms with E-state index < -0.39 is 0 Å². The van der Waals surface area contributed by atoms with E-state index in [1.54, 1.807) is 0 Å². The van der Waals surface area contributed by atoms with Gasteiger partial charge in [0.2, 0.25) is 0 Å². The van der Waals surface area contributed by atoms with Gasteiger partial charge in [0, 0.05) is 6.04 Å². The number of carbonyl (C=O) groups excluding carboxylic acids is 1. The zero-order valence-corrected chi connectivity index (χ0v) is 7.70. The third-order valence-corrected chi connectivity index (χ3v) is 3.63. The first-order chi connectivity index (χ1) is 5.81. The molecule has 0 amide bonds. The van der Waals surface area contributed by atoms with Gasteiger partial charge in [0.25, 0.3) is 0 Å². The highest BCUT2D eigenvalue weighted by Crippen LogP contribution is 2.46. The zero-order chi connectivity index (χ0) is 8.55. The maximum Gasteiger partial charge on any atom is 0.133 e. The highest BCUT2D eigenvalue weighted by molar-refractivity contribution is 5.52. The van der Waals surface area contributed by atoms with E-state index in [1.807, 2.05) is 0 Å². The molecule has 2 nitrogen and oxygen atoms in total. The smallest absolute Gasteiger partial charge is 0.133 e. The van der Waals surface area contributed by atoms with Crippen molar-refractivity contribution in [2.75, 3.05) is 13.6 Å². The van der Waals surface area contributed by atoms with Gasteiger partial charge >= 0.3 is 0 Å². The van der Waals surface area contributed by atoms with Gasteiger partial charge in [0.05, 0.1) is 6.54 Å². The molecule has 0 spiro atoms. The predicted octanol–water partition coefficient (Wildman–Crippen LogP) is 1.31. The van der Waals surface area contributed by atoms with E-state index in [1.165, 1.54) is 25.7 Å². The normalized spacial score (nSPS) is 39.3. The second-order valence-electron chi connectivity index (χ2n) is 4.35. The van der Waals surface area contributed by atoms with Crippen molar-refractivity contribution < 1.29 is 4.79 Å². The number of aldehydes is 1. The highest BCUT2D eigenvalue weighted by atomic mass is 16.1. The Morgan fingerprint density at radius 1 is 1.42 bits per heavy atom. The first-order valence-electron chi connectivity index (χ1n) is 4.95. The number of rotatable bonds is 3. The average molecular weight is 167 g/mol. The molecule has 2 fully saturated rings. The molecule has 68 valence electrons. The Labute approximate surface area is 73.9 Å². The van der Waals surface area contributed by atoms with E-state index in [4.69, 9.17) is 0 Å². The second kappa shape index (κ2) is 3.17. The standard InChI is InChI=1S/C10H17NO/c1-11(4-5-12)10-7-8-2-3-9(10)6-8/h5,8-10H,2-4,6-7H2,1H3. The Morgan fingerprint density at radius 3 is 2.75 bits per heavy atom. The average Bonchev–Trinajstić information content (AvgIpc) is 2.64. The summed E-state index contributed by atoms with van der Waals surface area (Å²) < 4.78 is 0. The van der Waals surface area contributed by atoms with Crippen LogP contribution < -0.4 is 0 Å². The fourth-order valence-electron chi connectivity index (χ4n) is 3.00. The molecule has 2 saturated carbocycles. The lowest BCUT2D eigenvalue weighted by molar-refractivity contribution is -0.109. The maximum absolute atomic E-state index is 10.3. The molecule has 0 heterocycles. The molecule has 2 aliphatic carbocycles. The lowest BCUT2D eigenvalue weighted by Crippen LogP contribution is -2.36. The Morgan fingerprint density at radius 2 is 2.25 bits per heavy atom. The van der Waals surface area contributed by atoms with Gasteiger partial charge in [-0.1, -0.05) is 6.42 Å². The van der Waals surface area contributed by atoms with Crippen LogP contribution in [0.25, 0.3) is 0 Å². The predicted molar refractivity (Wildman–Crippen MR) is 47.9 cm³/mol. The van der Waals surface area contributed by atoms with Crippen molar-refractivity contribution in [2.45, 2.75) is 31.7 Å². The molecule has 2 heteroatoms. The third kappa shape index (κ3) is 1.28. The molecular formula is C10H17NO. The summed E-state index contributed by atoms with van der Waals surface area (Å²) in [7, 11) is 2.08. The van der Waals surface area contributed by atoms with Crippen LogP contribution in [0.2, 0.25) is 0 Å². The maximum atomic E-state index is 10.3. The molecule has 0 saturated heterocycles. The van der Waals surface area contributed by atoms with Crippen molar-refractivity contribution in [1.82, 2.24) is 4.90 Å². The summed E-state index contributed by atoms with van der Waals surface area (Å²) >= 11 is 0. The van der Waals surface area contributed by atoms with Crippen molar-refractivity contribution in [3.63, 3.8) is 0 Å². The third-order valence-electron chi connectivity index (χ3n) is 3.63. The van der Waals surface area contributed by atoms with Crippen LogP contribution in [0.5, 0.6) is 0 Å². The number of likely N-dealkylation sites (N-methyl/N-ethyl adjacent to an activating group) is 1. The Balaban J connectivity index is 1.92. The van der Waals surface area contributed by atoms with Crippen molar-refractivity contribution in [3.8, 4) is 0 Å². The molecule has 0 aromatic carbocycles. The molecule has 12 heavy (non-hydrogen) atoms. The van der Waals surface area contributed by atoms with Gasteiger partial charge in [-0.05, 0) is 38.1 Å². The van der Waals surface area contributed by atoms with E-state index in [0.29, 0.717) is 12.6 Å². The van der Waals surface area contributed by atoms with Crippen LogP contribution in [0, 0.1) is 11.8 Å². The monoisotopic (exact) mass is 167 g/mol. The molecule has 2 bridgehead atoms. The molecule has 0 radical (unpaired) electrons. The van der Waals surface area contributed by atoms with Gasteiger partial charge in [-0.25, -0.2) is 0 Å². The van der Waals surface area contributed by atoms with Crippen molar-refractivity contribution in [1.29, 1.82) is 0 Å². The minimum atomic E-state index is 0.619. The van der Waals surface area contributed by atoms with Gasteiger partial charge < -0.3 is 4.79 Å². The quantitative estimate of drug-likeness (QED) is 0.591. The number of fused-ring (bicyclic) bond motifs is 2. The van der Waals surface area contributed by atoms with Crippen molar-refractivity contribution in [3.05, 3.63) is 0 Å². The highest BCUT2D eigenvalue weighted by Gasteiger charge is 2.40. The summed E-state index contributed by atoms with van der Waals surface area (Å²) in [6.45, 7) is 0.619. The summed E-state index contributed by atoms with van der Waals surface area (Å²) in [5.74, 6) is 1.88. The summed E-state index contributed by atoms with van der Waals surface area (Å²) in [6, 6.07) is 0.717. The van der Waals surface area contributed by atoms with Crippen LogP contribution in [0.4, 0.5) is 0 Å². The van der Waals surface area contributed by atoms with Crippen LogP contribution in [0.15, 0.2) is 0 Å². The van der Waals surface area contributed by atoms with E-state index in [2.05, 4.69) is 11.9 Å². The minimum Gasteiger partial charge on any atom is -0.302 e. The van der Waals surface area contributed by atoms with Gasteiger partial charge in [-0.3, -0.25) is 4.90 Å². The zero-order valence-electron chi connectivity index (χ0n) is 7.70. The Kier molecular flexibility index (Phi) is 2.18. The second-order valence-corrected chi connectivity index (χ2v) is 4.35. The first-order valence-corrected chi connectivity index (χ1v) is 4.95. The van der Waals surface area contributed by atoms with E-state index in [-0.39, 0.29) is 0 Å². The molecule has 3 atom stereocenters. The van der Waals surface area contributed by atoms with Gasteiger partial charge in [-0.15, -0.1) is 0 Å². The largest absolute Gasteiger partial charge is 0.302 e. The lowest BCUT2D eigenvalue weighted by Gasteiger charge is -2.29. The number of hydrogen-bond acceptors (Lipinski definition) is 2. The molecule has 2 aliphatic rings. The Hall–Kier alpha value is -0.370. The molecule has 0 aliphatic heterocycles.